The average molecular weight is 257 g/mol. The molecule has 3 amide bonds. The van der Waals surface area contributed by atoms with Gasteiger partial charge in [0.1, 0.15) is 6.04 Å². The number of carboxylic acid groups (broad SMARTS) is 1. The highest BCUT2D eigenvalue weighted by atomic mass is 16.4. The zero-order valence-electron chi connectivity index (χ0n) is 10.8. The van der Waals surface area contributed by atoms with Crippen molar-refractivity contribution in [1.82, 2.24) is 15.1 Å². The highest BCUT2D eigenvalue weighted by Gasteiger charge is 2.36. The van der Waals surface area contributed by atoms with Crippen molar-refractivity contribution in [3.05, 3.63) is 0 Å². The van der Waals surface area contributed by atoms with Crippen molar-refractivity contribution in [1.29, 1.82) is 0 Å². The maximum absolute atomic E-state index is 11.7. The summed E-state index contributed by atoms with van der Waals surface area (Å²) in [5.41, 5.74) is 0. The minimum absolute atomic E-state index is 0.166. The molecule has 0 aromatic rings. The first-order chi connectivity index (χ1) is 8.36. The van der Waals surface area contributed by atoms with E-state index in [2.05, 4.69) is 5.32 Å². The van der Waals surface area contributed by atoms with E-state index in [4.69, 9.17) is 5.11 Å². The molecule has 0 saturated carbocycles. The van der Waals surface area contributed by atoms with E-state index in [0.29, 0.717) is 6.54 Å². The first-order valence-electron chi connectivity index (χ1n) is 5.90. The van der Waals surface area contributed by atoms with Gasteiger partial charge in [0.15, 0.2) is 0 Å². The Kier molecular flexibility index (Phi) is 4.52. The van der Waals surface area contributed by atoms with Gasteiger partial charge in [0, 0.05) is 26.7 Å². The van der Waals surface area contributed by atoms with Crippen LogP contribution in [0.25, 0.3) is 0 Å². The smallest absolute Gasteiger partial charge is 0.318 e. The van der Waals surface area contributed by atoms with Gasteiger partial charge in [-0.05, 0) is 13.8 Å². The third-order valence-electron chi connectivity index (χ3n) is 3.08. The fraction of sp³-hybridized carbons (Fsp3) is 0.727. The van der Waals surface area contributed by atoms with E-state index < -0.39 is 24.0 Å². The molecule has 2 N–H and O–H groups in total. The summed E-state index contributed by atoms with van der Waals surface area (Å²) in [5, 5.41) is 11.2. The molecule has 0 aliphatic carbocycles. The molecule has 7 heteroatoms. The molecule has 1 unspecified atom stereocenters. The van der Waals surface area contributed by atoms with E-state index in [1.54, 1.807) is 14.0 Å². The molecule has 1 aliphatic heterocycles. The normalized spacial score (nSPS) is 16.7. The van der Waals surface area contributed by atoms with E-state index in [1.165, 1.54) is 9.80 Å². The molecule has 1 saturated heterocycles. The van der Waals surface area contributed by atoms with Crippen LogP contribution in [0, 0.1) is 5.92 Å². The lowest BCUT2D eigenvalue weighted by Gasteiger charge is -2.37. The summed E-state index contributed by atoms with van der Waals surface area (Å²) in [6.45, 7) is 4.43. The molecule has 18 heavy (non-hydrogen) atoms. The van der Waals surface area contributed by atoms with Crippen LogP contribution in [0.3, 0.4) is 0 Å². The van der Waals surface area contributed by atoms with Gasteiger partial charge in [-0.2, -0.15) is 0 Å². The predicted molar refractivity (Wildman–Crippen MR) is 64.0 cm³/mol. The Morgan fingerprint density at radius 1 is 1.44 bits per heavy atom. The number of nitrogens with one attached hydrogen (secondary N) is 1. The number of hydrogen-bond acceptors (Lipinski definition) is 3. The SMILES string of the molecule is CCN(C)C(=O)C(C)NC(=O)N1CC(C(=O)O)C1. The van der Waals surface area contributed by atoms with Crippen LogP contribution in [-0.4, -0.2) is 65.5 Å². The maximum Gasteiger partial charge on any atom is 0.318 e. The summed E-state index contributed by atoms with van der Waals surface area (Å²) >= 11 is 0. The van der Waals surface area contributed by atoms with Gasteiger partial charge in [-0.25, -0.2) is 4.79 Å². The van der Waals surface area contributed by atoms with Crippen LogP contribution in [-0.2, 0) is 9.59 Å². The summed E-state index contributed by atoms with van der Waals surface area (Å²) in [4.78, 5) is 36.9. The van der Waals surface area contributed by atoms with Gasteiger partial charge in [-0.3, -0.25) is 9.59 Å². The monoisotopic (exact) mass is 257 g/mol. The van der Waals surface area contributed by atoms with Gasteiger partial charge < -0.3 is 20.2 Å². The lowest BCUT2D eigenvalue weighted by molar-refractivity contribution is -0.146. The first-order valence-corrected chi connectivity index (χ1v) is 5.90. The van der Waals surface area contributed by atoms with Crippen LogP contribution in [0.2, 0.25) is 0 Å². The molecule has 0 bridgehead atoms. The molecule has 1 fully saturated rings. The number of likely N-dealkylation sites (tertiary alicyclic amines) is 1. The van der Waals surface area contributed by atoms with Crippen LogP contribution in [0.15, 0.2) is 0 Å². The molecule has 1 aliphatic rings. The van der Waals surface area contributed by atoms with Crippen LogP contribution in [0.4, 0.5) is 4.79 Å². The highest BCUT2D eigenvalue weighted by molar-refractivity contribution is 5.87. The predicted octanol–water partition coefficient (Wildman–Crippen LogP) is -0.421. The largest absolute Gasteiger partial charge is 0.481 e. The van der Waals surface area contributed by atoms with Gasteiger partial charge in [-0.15, -0.1) is 0 Å². The Labute approximate surface area is 106 Å². The minimum atomic E-state index is -0.895. The standard InChI is InChI=1S/C11H19N3O4/c1-4-13(3)9(15)7(2)12-11(18)14-5-8(6-14)10(16)17/h7-8H,4-6H2,1-3H3,(H,12,18)(H,16,17). The number of nitrogens with zero attached hydrogens (tertiary/aromatic N) is 2. The second-order valence-corrected chi connectivity index (χ2v) is 4.46. The van der Waals surface area contributed by atoms with E-state index in [1.807, 2.05) is 6.92 Å². The molecule has 0 radical (unpaired) electrons. The Balaban J connectivity index is 2.38. The molecule has 7 nitrogen and oxygen atoms in total. The van der Waals surface area contributed by atoms with E-state index in [0.717, 1.165) is 0 Å². The molecule has 1 heterocycles. The Hall–Kier alpha value is -1.79. The number of aliphatic carboxylic acids is 1. The molecule has 0 spiro atoms. The zero-order valence-corrected chi connectivity index (χ0v) is 10.8. The number of carbonyl (C=O) groups is 3. The number of carboxylic acids is 1. The van der Waals surface area contributed by atoms with Gasteiger partial charge in [-0.1, -0.05) is 0 Å². The van der Waals surface area contributed by atoms with E-state index >= 15 is 0 Å². The molecule has 102 valence electrons. The van der Waals surface area contributed by atoms with Crippen molar-refractivity contribution in [3.63, 3.8) is 0 Å². The third-order valence-corrected chi connectivity index (χ3v) is 3.08. The molecular weight excluding hydrogens is 238 g/mol. The Morgan fingerprint density at radius 2 is 2.00 bits per heavy atom. The summed E-state index contributed by atoms with van der Waals surface area (Å²) in [6.07, 6.45) is 0. The van der Waals surface area contributed by atoms with Crippen molar-refractivity contribution in [2.45, 2.75) is 19.9 Å². The number of rotatable bonds is 4. The summed E-state index contributed by atoms with van der Waals surface area (Å²) < 4.78 is 0. The summed E-state index contributed by atoms with van der Waals surface area (Å²) in [5.74, 6) is -1.55. The molecule has 0 aromatic heterocycles. The number of urea groups is 1. The second kappa shape index (κ2) is 5.70. The van der Waals surface area contributed by atoms with Crippen molar-refractivity contribution >= 4 is 17.9 Å². The van der Waals surface area contributed by atoms with Crippen LogP contribution >= 0.6 is 0 Å². The first kappa shape index (κ1) is 14.3. The van der Waals surface area contributed by atoms with E-state index in [-0.39, 0.29) is 19.0 Å². The van der Waals surface area contributed by atoms with Gasteiger partial charge in [0.25, 0.3) is 0 Å². The Morgan fingerprint density at radius 3 is 2.44 bits per heavy atom. The van der Waals surface area contributed by atoms with Crippen molar-refractivity contribution in [2.24, 2.45) is 5.92 Å². The van der Waals surface area contributed by atoms with Crippen LogP contribution in [0.5, 0.6) is 0 Å². The number of hydrogen-bond donors (Lipinski definition) is 2. The van der Waals surface area contributed by atoms with Gasteiger partial charge in [0.2, 0.25) is 5.91 Å². The molecule has 1 atom stereocenters. The maximum atomic E-state index is 11.7. The number of amides is 3. The summed E-state index contributed by atoms with van der Waals surface area (Å²) in [7, 11) is 1.66. The van der Waals surface area contributed by atoms with Crippen molar-refractivity contribution < 1.29 is 19.5 Å². The van der Waals surface area contributed by atoms with Crippen molar-refractivity contribution in [2.75, 3.05) is 26.7 Å². The fourth-order valence-corrected chi connectivity index (χ4v) is 1.63. The lowest BCUT2D eigenvalue weighted by Crippen LogP contribution is -2.58. The fourth-order valence-electron chi connectivity index (χ4n) is 1.63. The number of likely N-dealkylation sites (N-methyl/N-ethyl adjacent to an activating group) is 1. The van der Waals surface area contributed by atoms with Crippen molar-refractivity contribution in [3.8, 4) is 0 Å². The molecular formula is C11H19N3O4. The topological polar surface area (TPSA) is 90.0 Å². The Bertz CT molecular complexity index is 352. The second-order valence-electron chi connectivity index (χ2n) is 4.46. The van der Waals surface area contributed by atoms with E-state index in [9.17, 15) is 14.4 Å². The van der Waals surface area contributed by atoms with Gasteiger partial charge in [0.05, 0.1) is 5.92 Å². The lowest BCUT2D eigenvalue weighted by atomic mass is 10.0. The van der Waals surface area contributed by atoms with Crippen LogP contribution in [0.1, 0.15) is 13.8 Å². The molecule has 1 rings (SSSR count). The molecule has 0 aromatic carbocycles. The average Bonchev–Trinajstić information content (AvgIpc) is 2.24. The minimum Gasteiger partial charge on any atom is -0.481 e. The zero-order chi connectivity index (χ0) is 13.9. The quantitative estimate of drug-likeness (QED) is 0.715. The van der Waals surface area contributed by atoms with Crippen LogP contribution < -0.4 is 5.32 Å². The summed E-state index contributed by atoms with van der Waals surface area (Å²) in [6, 6.07) is -0.996. The van der Waals surface area contributed by atoms with Gasteiger partial charge >= 0.3 is 12.0 Å². The highest BCUT2D eigenvalue weighted by Crippen LogP contribution is 2.15. The number of carbonyl (C=O) groups excluding carboxylic acids is 2. The third kappa shape index (κ3) is 3.12.